The number of rotatable bonds is 5. The van der Waals surface area contributed by atoms with Gasteiger partial charge in [0.1, 0.15) is 0 Å². The molecule has 0 radical (unpaired) electrons. The van der Waals surface area contributed by atoms with Crippen LogP contribution in [0.4, 0.5) is 0 Å². The molecule has 1 saturated carbocycles. The first-order valence-electron chi connectivity index (χ1n) is 9.76. The first-order valence-corrected chi connectivity index (χ1v) is 9.76. The highest BCUT2D eigenvalue weighted by Gasteiger charge is 2.58. The molecule has 0 bridgehead atoms. The second-order valence-electron chi connectivity index (χ2n) is 7.98. The minimum atomic E-state index is 0. The lowest BCUT2D eigenvalue weighted by Crippen LogP contribution is -2.36. The molecule has 27 heavy (non-hydrogen) atoms. The third-order valence-electron chi connectivity index (χ3n) is 6.24. The number of hydrogen-bond donors (Lipinski definition) is 1. The van der Waals surface area contributed by atoms with Gasteiger partial charge in [-0.3, -0.25) is 4.79 Å². The molecule has 2 fully saturated rings. The molecule has 1 unspecified atom stereocenters. The molecule has 144 valence electrons. The van der Waals surface area contributed by atoms with E-state index in [4.69, 9.17) is 0 Å². The zero-order valence-corrected chi connectivity index (χ0v) is 16.8. The van der Waals surface area contributed by atoms with Crippen LogP contribution in [0.15, 0.2) is 54.6 Å². The van der Waals surface area contributed by atoms with E-state index in [0.717, 1.165) is 32.4 Å². The van der Waals surface area contributed by atoms with Gasteiger partial charge in [0.2, 0.25) is 5.91 Å². The van der Waals surface area contributed by atoms with E-state index in [-0.39, 0.29) is 23.7 Å². The van der Waals surface area contributed by atoms with Crippen LogP contribution in [0, 0.1) is 18.3 Å². The lowest BCUT2D eigenvalue weighted by molar-refractivity contribution is -0.135. The third kappa shape index (κ3) is 4.36. The molecule has 2 aliphatic rings. The van der Waals surface area contributed by atoms with Gasteiger partial charge in [-0.15, -0.1) is 12.4 Å². The molecule has 1 amide bonds. The standard InChI is InChI=1S/C23H28N2O.ClH/c1-18-7-5-6-10-20(18)17-25(16-19-8-3-2-4-9-19)22(26)21-15-23(21)11-13-24-14-12-23;/h2-10,21,24H,11-17H2,1H3;1H. The van der Waals surface area contributed by atoms with Crippen LogP contribution in [0.3, 0.4) is 0 Å². The Morgan fingerprint density at radius 3 is 2.41 bits per heavy atom. The van der Waals surface area contributed by atoms with Crippen LogP contribution in [0.2, 0.25) is 0 Å². The van der Waals surface area contributed by atoms with E-state index in [1.54, 1.807) is 0 Å². The molecule has 1 atom stereocenters. The van der Waals surface area contributed by atoms with E-state index < -0.39 is 0 Å². The van der Waals surface area contributed by atoms with Crippen LogP contribution in [-0.4, -0.2) is 23.9 Å². The highest BCUT2D eigenvalue weighted by atomic mass is 35.5. The zero-order chi connectivity index (χ0) is 18.0. The first-order chi connectivity index (χ1) is 12.7. The van der Waals surface area contributed by atoms with Gasteiger partial charge >= 0.3 is 0 Å². The number of nitrogens with one attached hydrogen (secondary N) is 1. The second kappa shape index (κ2) is 8.45. The van der Waals surface area contributed by atoms with Crippen LogP contribution in [-0.2, 0) is 17.9 Å². The lowest BCUT2D eigenvalue weighted by atomic mass is 9.91. The SMILES string of the molecule is Cc1ccccc1CN(Cc1ccccc1)C(=O)C1CC12CCNCC2.Cl. The van der Waals surface area contributed by atoms with Crippen molar-refractivity contribution in [2.75, 3.05) is 13.1 Å². The highest BCUT2D eigenvalue weighted by Crippen LogP contribution is 2.59. The van der Waals surface area contributed by atoms with Crippen LogP contribution in [0.5, 0.6) is 0 Å². The Balaban J connectivity index is 0.00000210. The molecule has 2 aromatic rings. The Morgan fingerprint density at radius 2 is 1.70 bits per heavy atom. The molecule has 3 nitrogen and oxygen atoms in total. The van der Waals surface area contributed by atoms with E-state index in [1.165, 1.54) is 16.7 Å². The summed E-state index contributed by atoms with van der Waals surface area (Å²) in [6.07, 6.45) is 3.37. The number of hydrogen-bond acceptors (Lipinski definition) is 2. The molecule has 1 heterocycles. The number of benzene rings is 2. The number of nitrogens with zero attached hydrogens (tertiary/aromatic N) is 1. The van der Waals surface area contributed by atoms with Gasteiger partial charge in [0, 0.05) is 19.0 Å². The number of piperidine rings is 1. The van der Waals surface area contributed by atoms with Crippen LogP contribution in [0.25, 0.3) is 0 Å². The van der Waals surface area contributed by atoms with Gasteiger partial charge in [-0.25, -0.2) is 0 Å². The number of amides is 1. The summed E-state index contributed by atoms with van der Waals surface area (Å²) in [4.78, 5) is 15.5. The summed E-state index contributed by atoms with van der Waals surface area (Å²) < 4.78 is 0. The molecule has 0 aromatic heterocycles. The summed E-state index contributed by atoms with van der Waals surface area (Å²) in [6.45, 7) is 5.64. The third-order valence-corrected chi connectivity index (χ3v) is 6.24. The van der Waals surface area contributed by atoms with Crippen molar-refractivity contribution in [1.82, 2.24) is 10.2 Å². The number of aryl methyl sites for hydroxylation is 1. The molecule has 1 aliphatic heterocycles. The molecular weight excluding hydrogens is 356 g/mol. The molecule has 1 spiro atoms. The van der Waals surface area contributed by atoms with E-state index in [0.29, 0.717) is 19.0 Å². The Labute approximate surface area is 168 Å². The average molecular weight is 385 g/mol. The van der Waals surface area contributed by atoms with Crippen LogP contribution < -0.4 is 5.32 Å². The molecule has 2 aromatic carbocycles. The second-order valence-corrected chi connectivity index (χ2v) is 7.98. The van der Waals surface area contributed by atoms with Crippen molar-refractivity contribution in [3.05, 3.63) is 71.3 Å². The fourth-order valence-electron chi connectivity index (χ4n) is 4.40. The molecule has 4 rings (SSSR count). The van der Waals surface area contributed by atoms with E-state index in [2.05, 4.69) is 65.7 Å². The monoisotopic (exact) mass is 384 g/mol. The summed E-state index contributed by atoms with van der Waals surface area (Å²) in [6, 6.07) is 18.8. The van der Waals surface area contributed by atoms with E-state index in [9.17, 15) is 4.79 Å². The fraction of sp³-hybridized carbons (Fsp3) is 0.435. The topological polar surface area (TPSA) is 32.3 Å². The van der Waals surface area contributed by atoms with E-state index in [1.807, 2.05) is 6.07 Å². The largest absolute Gasteiger partial charge is 0.334 e. The van der Waals surface area contributed by atoms with Gasteiger partial charge in [-0.1, -0.05) is 54.6 Å². The van der Waals surface area contributed by atoms with Crippen molar-refractivity contribution in [1.29, 1.82) is 0 Å². The van der Waals surface area contributed by atoms with Gasteiger partial charge < -0.3 is 10.2 Å². The molecule has 1 aliphatic carbocycles. The number of carbonyl (C=O) groups is 1. The maximum atomic E-state index is 13.4. The predicted molar refractivity (Wildman–Crippen MR) is 112 cm³/mol. The van der Waals surface area contributed by atoms with Gasteiger partial charge in [0.25, 0.3) is 0 Å². The smallest absolute Gasteiger partial charge is 0.226 e. The first kappa shape index (κ1) is 19.9. The van der Waals surface area contributed by atoms with Crippen molar-refractivity contribution in [3.8, 4) is 0 Å². The normalized spacial score (nSPS) is 20.0. The quantitative estimate of drug-likeness (QED) is 0.831. The van der Waals surface area contributed by atoms with Crippen molar-refractivity contribution in [3.63, 3.8) is 0 Å². The predicted octanol–water partition coefficient (Wildman–Crippen LogP) is 4.34. The summed E-state index contributed by atoms with van der Waals surface area (Å²) in [5.74, 6) is 0.566. The minimum absolute atomic E-state index is 0. The number of halogens is 1. The van der Waals surface area contributed by atoms with E-state index >= 15 is 0 Å². The molecular formula is C23H29ClN2O. The maximum Gasteiger partial charge on any atom is 0.226 e. The van der Waals surface area contributed by atoms with Crippen LogP contribution >= 0.6 is 12.4 Å². The zero-order valence-electron chi connectivity index (χ0n) is 16.0. The van der Waals surface area contributed by atoms with Crippen molar-refractivity contribution in [2.24, 2.45) is 11.3 Å². The van der Waals surface area contributed by atoms with Gasteiger partial charge in [-0.2, -0.15) is 0 Å². The summed E-state index contributed by atoms with van der Waals surface area (Å²) in [5, 5.41) is 3.43. The highest BCUT2D eigenvalue weighted by molar-refractivity contribution is 5.85. The fourth-order valence-corrected chi connectivity index (χ4v) is 4.40. The summed E-state index contributed by atoms with van der Waals surface area (Å²) in [5.41, 5.74) is 3.99. The Bertz CT molecular complexity index is 771. The molecule has 1 N–H and O–H groups in total. The minimum Gasteiger partial charge on any atom is -0.334 e. The lowest BCUT2D eigenvalue weighted by Gasteiger charge is -2.28. The maximum absolute atomic E-state index is 13.4. The Morgan fingerprint density at radius 1 is 1.04 bits per heavy atom. The number of carbonyl (C=O) groups excluding carboxylic acids is 1. The van der Waals surface area contributed by atoms with Crippen LogP contribution in [0.1, 0.15) is 36.0 Å². The van der Waals surface area contributed by atoms with Gasteiger partial charge in [0.05, 0.1) is 0 Å². The van der Waals surface area contributed by atoms with Gasteiger partial charge in [0.15, 0.2) is 0 Å². The molecule has 1 saturated heterocycles. The van der Waals surface area contributed by atoms with Crippen molar-refractivity contribution in [2.45, 2.75) is 39.3 Å². The Hall–Kier alpha value is -1.84. The van der Waals surface area contributed by atoms with Crippen molar-refractivity contribution < 1.29 is 4.79 Å². The molecule has 4 heteroatoms. The summed E-state index contributed by atoms with van der Waals surface area (Å²) >= 11 is 0. The average Bonchev–Trinajstić information content (AvgIpc) is 3.36. The Kier molecular flexibility index (Phi) is 6.23. The van der Waals surface area contributed by atoms with Gasteiger partial charge in [-0.05, 0) is 61.4 Å². The van der Waals surface area contributed by atoms with Crippen molar-refractivity contribution >= 4 is 18.3 Å². The summed E-state index contributed by atoms with van der Waals surface area (Å²) in [7, 11) is 0.